The zero-order chi connectivity index (χ0) is 28.2. The van der Waals surface area contributed by atoms with E-state index in [4.69, 9.17) is 9.47 Å². The number of fused-ring (bicyclic) bond motifs is 1. The lowest BCUT2D eigenvalue weighted by Crippen LogP contribution is -2.27. The molecule has 0 N–H and O–H groups in total. The molecule has 0 spiro atoms. The number of amides is 2. The van der Waals surface area contributed by atoms with E-state index in [1.807, 2.05) is 42.5 Å². The summed E-state index contributed by atoms with van der Waals surface area (Å²) in [5.41, 5.74) is 1.22. The fourth-order valence-electron chi connectivity index (χ4n) is 4.26. The quantitative estimate of drug-likeness (QED) is 0.0786. The Labute approximate surface area is 233 Å². The van der Waals surface area contributed by atoms with Crippen molar-refractivity contribution in [3.8, 4) is 11.5 Å². The number of hydrogen-bond acceptors (Lipinski definition) is 8. The van der Waals surface area contributed by atoms with Crippen molar-refractivity contribution >= 4 is 51.4 Å². The first-order chi connectivity index (χ1) is 19.3. The van der Waals surface area contributed by atoms with Crippen LogP contribution >= 0.6 is 11.8 Å². The molecule has 0 aromatic heterocycles. The molecule has 0 unspecified atom stereocenters. The Morgan fingerprint density at radius 1 is 0.975 bits per heavy atom. The molecule has 0 aliphatic carbocycles. The number of thioether (sulfide) groups is 1. The highest BCUT2D eigenvalue weighted by atomic mass is 32.2. The highest BCUT2D eigenvalue weighted by Gasteiger charge is 2.35. The van der Waals surface area contributed by atoms with Gasteiger partial charge in [0, 0.05) is 12.1 Å². The Kier molecular flexibility index (Phi) is 7.61. The molecule has 4 aromatic rings. The van der Waals surface area contributed by atoms with Gasteiger partial charge in [0.15, 0.2) is 11.5 Å². The van der Waals surface area contributed by atoms with E-state index < -0.39 is 16.8 Å². The zero-order valence-corrected chi connectivity index (χ0v) is 22.1. The van der Waals surface area contributed by atoms with Gasteiger partial charge in [0.2, 0.25) is 0 Å². The van der Waals surface area contributed by atoms with E-state index in [1.54, 1.807) is 25.1 Å². The molecule has 1 fully saturated rings. The van der Waals surface area contributed by atoms with Gasteiger partial charge < -0.3 is 9.47 Å². The summed E-state index contributed by atoms with van der Waals surface area (Å²) in [7, 11) is 0. The van der Waals surface area contributed by atoms with Crippen molar-refractivity contribution in [3.05, 3.63) is 117 Å². The van der Waals surface area contributed by atoms with Crippen molar-refractivity contribution in [1.82, 2.24) is 4.90 Å². The maximum Gasteiger partial charge on any atom is 0.343 e. The molecule has 0 saturated carbocycles. The number of hydrogen-bond donors (Lipinski definition) is 0. The van der Waals surface area contributed by atoms with E-state index in [1.165, 1.54) is 29.2 Å². The number of imide groups is 1. The first-order valence-electron chi connectivity index (χ1n) is 12.3. The monoisotopic (exact) mass is 554 g/mol. The molecule has 40 heavy (non-hydrogen) atoms. The van der Waals surface area contributed by atoms with Gasteiger partial charge in [0.05, 0.1) is 28.5 Å². The molecule has 1 aliphatic heterocycles. The van der Waals surface area contributed by atoms with Crippen LogP contribution in [-0.2, 0) is 11.3 Å². The van der Waals surface area contributed by atoms with E-state index >= 15 is 0 Å². The van der Waals surface area contributed by atoms with Crippen LogP contribution < -0.4 is 9.47 Å². The average molecular weight is 555 g/mol. The van der Waals surface area contributed by atoms with Crippen molar-refractivity contribution in [1.29, 1.82) is 0 Å². The summed E-state index contributed by atoms with van der Waals surface area (Å²) in [4.78, 5) is 50.5. The SMILES string of the molecule is CCOc1cc(/C=C2\SC(=O)N(Cc3cccc4ccccc34)C2=O)ccc1OC(=O)c1cccc([N+](=O)[O-])c1. The van der Waals surface area contributed by atoms with Gasteiger partial charge in [-0.2, -0.15) is 0 Å². The van der Waals surface area contributed by atoms with E-state index in [-0.39, 0.29) is 46.0 Å². The Morgan fingerprint density at radius 2 is 1.75 bits per heavy atom. The molecule has 1 saturated heterocycles. The highest BCUT2D eigenvalue weighted by Crippen LogP contribution is 2.36. The number of nitro benzene ring substituents is 1. The smallest absolute Gasteiger partial charge is 0.343 e. The molecule has 0 bridgehead atoms. The second kappa shape index (κ2) is 11.4. The number of ether oxygens (including phenoxy) is 2. The van der Waals surface area contributed by atoms with Crippen molar-refractivity contribution in [2.45, 2.75) is 13.5 Å². The summed E-state index contributed by atoms with van der Waals surface area (Å²) < 4.78 is 11.1. The van der Waals surface area contributed by atoms with Crippen LogP contribution in [0.25, 0.3) is 16.8 Å². The van der Waals surface area contributed by atoms with Gasteiger partial charge in [-0.3, -0.25) is 24.6 Å². The van der Waals surface area contributed by atoms with Crippen molar-refractivity contribution < 1.29 is 28.8 Å². The molecular formula is C30H22N2O7S. The molecule has 5 rings (SSSR count). The molecular weight excluding hydrogens is 532 g/mol. The molecule has 2 amide bonds. The van der Waals surface area contributed by atoms with Gasteiger partial charge in [0.25, 0.3) is 16.8 Å². The van der Waals surface area contributed by atoms with Crippen LogP contribution in [0.1, 0.15) is 28.4 Å². The first-order valence-corrected chi connectivity index (χ1v) is 13.1. The van der Waals surface area contributed by atoms with Crippen molar-refractivity contribution in [2.75, 3.05) is 6.61 Å². The first kappa shape index (κ1) is 26.6. The average Bonchev–Trinajstić information content (AvgIpc) is 3.22. The van der Waals surface area contributed by atoms with Crippen LogP contribution in [0, 0.1) is 10.1 Å². The summed E-state index contributed by atoms with van der Waals surface area (Å²) in [6, 6.07) is 23.5. The van der Waals surface area contributed by atoms with Crippen LogP contribution in [0.2, 0.25) is 0 Å². The highest BCUT2D eigenvalue weighted by molar-refractivity contribution is 8.18. The second-order valence-electron chi connectivity index (χ2n) is 8.74. The topological polar surface area (TPSA) is 116 Å². The number of rotatable bonds is 8. The lowest BCUT2D eigenvalue weighted by Gasteiger charge is -2.14. The number of esters is 1. The van der Waals surface area contributed by atoms with Crippen LogP contribution in [-0.4, -0.2) is 33.5 Å². The fraction of sp³-hybridized carbons (Fsp3) is 0.100. The predicted molar refractivity (Wildman–Crippen MR) is 151 cm³/mol. The van der Waals surface area contributed by atoms with E-state index in [0.717, 1.165) is 34.2 Å². The zero-order valence-electron chi connectivity index (χ0n) is 21.2. The van der Waals surface area contributed by atoms with Crippen LogP contribution in [0.3, 0.4) is 0 Å². The molecule has 200 valence electrons. The lowest BCUT2D eigenvalue weighted by molar-refractivity contribution is -0.384. The van der Waals surface area contributed by atoms with Gasteiger partial charge in [-0.05, 0) is 64.9 Å². The predicted octanol–water partition coefficient (Wildman–Crippen LogP) is 6.60. The molecule has 1 aliphatic rings. The maximum absolute atomic E-state index is 13.2. The van der Waals surface area contributed by atoms with Gasteiger partial charge in [0.1, 0.15) is 0 Å². The number of nitro groups is 1. The van der Waals surface area contributed by atoms with E-state index in [0.29, 0.717) is 5.56 Å². The number of carbonyl (C=O) groups is 3. The minimum Gasteiger partial charge on any atom is -0.490 e. The van der Waals surface area contributed by atoms with E-state index in [9.17, 15) is 24.5 Å². The fourth-order valence-corrected chi connectivity index (χ4v) is 5.10. The Hall–Kier alpha value is -4.96. The van der Waals surface area contributed by atoms with Gasteiger partial charge in [-0.25, -0.2) is 4.79 Å². The largest absolute Gasteiger partial charge is 0.490 e. The van der Waals surface area contributed by atoms with Crippen LogP contribution in [0.4, 0.5) is 10.5 Å². The van der Waals surface area contributed by atoms with Gasteiger partial charge in [-0.1, -0.05) is 54.6 Å². The normalized spacial score (nSPS) is 14.1. The summed E-state index contributed by atoms with van der Waals surface area (Å²) in [5.74, 6) is -0.835. The van der Waals surface area contributed by atoms with Crippen LogP contribution in [0.5, 0.6) is 11.5 Å². The number of non-ortho nitro benzene ring substituents is 1. The number of nitrogens with zero attached hydrogens (tertiary/aromatic N) is 2. The molecule has 1 heterocycles. The molecule has 0 radical (unpaired) electrons. The molecule has 10 heteroatoms. The summed E-state index contributed by atoms with van der Waals surface area (Å²) in [5, 5.41) is 12.7. The number of carbonyl (C=O) groups excluding carboxylic acids is 3. The Morgan fingerprint density at radius 3 is 2.55 bits per heavy atom. The summed E-state index contributed by atoms with van der Waals surface area (Å²) >= 11 is 0.854. The molecule has 4 aromatic carbocycles. The maximum atomic E-state index is 13.2. The lowest BCUT2D eigenvalue weighted by atomic mass is 10.0. The van der Waals surface area contributed by atoms with Crippen LogP contribution in [0.15, 0.2) is 89.8 Å². The third kappa shape index (κ3) is 5.57. The standard InChI is InChI=1S/C30H22N2O7S/c1-2-38-26-15-19(13-14-25(26)39-29(34)21-9-6-11-23(17-21)32(36)37)16-27-28(33)31(30(35)40-27)18-22-10-5-8-20-7-3-4-12-24(20)22/h3-17H,2,18H2,1H3/b27-16-. The minimum atomic E-state index is -0.785. The van der Waals surface area contributed by atoms with Crippen molar-refractivity contribution in [2.24, 2.45) is 0 Å². The van der Waals surface area contributed by atoms with Gasteiger partial charge in [-0.15, -0.1) is 0 Å². The third-order valence-corrected chi connectivity index (χ3v) is 7.05. The molecule has 9 nitrogen and oxygen atoms in total. The summed E-state index contributed by atoms with van der Waals surface area (Å²) in [6.45, 7) is 2.18. The summed E-state index contributed by atoms with van der Waals surface area (Å²) in [6.07, 6.45) is 1.59. The number of benzene rings is 4. The molecule has 0 atom stereocenters. The Bertz CT molecular complexity index is 1690. The minimum absolute atomic E-state index is 0.0144. The second-order valence-corrected chi connectivity index (χ2v) is 9.74. The van der Waals surface area contributed by atoms with Crippen molar-refractivity contribution in [3.63, 3.8) is 0 Å². The third-order valence-electron chi connectivity index (χ3n) is 6.14. The van der Waals surface area contributed by atoms with E-state index in [2.05, 4.69) is 0 Å². The Balaban J connectivity index is 1.36. The van der Waals surface area contributed by atoms with Gasteiger partial charge >= 0.3 is 5.97 Å².